The minimum Gasteiger partial charge on any atom is -0.273 e. The third-order valence-corrected chi connectivity index (χ3v) is 11.5. The van der Waals surface area contributed by atoms with Gasteiger partial charge in [0.25, 0.3) is 10.1 Å². The van der Waals surface area contributed by atoms with E-state index < -0.39 is 16.2 Å². The van der Waals surface area contributed by atoms with E-state index in [1.54, 1.807) is 0 Å². The summed E-state index contributed by atoms with van der Waals surface area (Å²) in [4.78, 5) is 0. The van der Waals surface area contributed by atoms with Crippen LogP contribution in [0, 0.1) is 0 Å². The molecular weight excluding hydrogens is 395 g/mol. The van der Waals surface area contributed by atoms with Crippen molar-refractivity contribution in [3.8, 4) is 0 Å². The van der Waals surface area contributed by atoms with Crippen LogP contribution in [0.1, 0.15) is 11.2 Å². The van der Waals surface area contributed by atoms with Gasteiger partial charge < -0.3 is 0 Å². The van der Waals surface area contributed by atoms with Crippen LogP contribution >= 0.6 is 6.04 Å². The molecule has 0 heterocycles. The van der Waals surface area contributed by atoms with E-state index in [0.29, 0.717) is 0 Å². The first-order valence-corrected chi connectivity index (χ1v) is 13.0. The Morgan fingerprint density at radius 1 is 0.815 bits per heavy atom. The van der Waals surface area contributed by atoms with Gasteiger partial charge in [-0.3, -0.25) is 4.18 Å². The third-order valence-electron chi connectivity index (χ3n) is 4.52. The van der Waals surface area contributed by atoms with Crippen molar-refractivity contribution in [2.24, 2.45) is 0 Å². The molecule has 0 unspecified atom stereocenters. The van der Waals surface area contributed by atoms with E-state index in [-0.39, 0.29) is 11.4 Å². The molecule has 0 aliphatic rings. The Balaban J connectivity index is 2.27. The van der Waals surface area contributed by atoms with Gasteiger partial charge in [0.2, 0.25) is 0 Å². The molecule has 3 aromatic rings. The van der Waals surface area contributed by atoms with E-state index in [4.69, 9.17) is 16.0 Å². The van der Waals surface area contributed by atoms with E-state index in [0.717, 1.165) is 16.2 Å². The van der Waals surface area contributed by atoms with Gasteiger partial charge in [0.15, 0.2) is 0 Å². The van der Waals surface area contributed by atoms with E-state index in [2.05, 4.69) is 0 Å². The Labute approximate surface area is 166 Å². The van der Waals surface area contributed by atoms with Crippen LogP contribution in [-0.4, -0.2) is 21.3 Å². The summed E-state index contributed by atoms with van der Waals surface area (Å²) in [5.41, 5.74) is 0.526. The maximum Gasteiger partial charge on any atom is 0.268 e. The second-order valence-electron chi connectivity index (χ2n) is 6.15. The highest BCUT2D eigenvalue weighted by molar-refractivity contribution is 8.22. The Hall–Kier alpha value is -1.78. The predicted molar refractivity (Wildman–Crippen MR) is 116 cm³/mol. The van der Waals surface area contributed by atoms with Crippen LogP contribution in [-0.2, 0) is 26.1 Å². The summed E-state index contributed by atoms with van der Waals surface area (Å²) in [5, 5.41) is 1.98. The van der Waals surface area contributed by atoms with Crippen molar-refractivity contribution in [3.63, 3.8) is 0 Å². The van der Waals surface area contributed by atoms with Crippen LogP contribution in [0.2, 0.25) is 0 Å². The van der Waals surface area contributed by atoms with Gasteiger partial charge in [-0.1, -0.05) is 103 Å². The number of hydrogen-bond acceptors (Lipinski definition) is 4. The zero-order chi connectivity index (χ0) is 19.3. The van der Waals surface area contributed by atoms with Crippen LogP contribution in [0.25, 0.3) is 0 Å². The fourth-order valence-electron chi connectivity index (χ4n) is 3.16. The first kappa shape index (κ1) is 20.0. The first-order chi connectivity index (χ1) is 13.0. The van der Waals surface area contributed by atoms with E-state index in [9.17, 15) is 8.42 Å². The van der Waals surface area contributed by atoms with Crippen molar-refractivity contribution < 1.29 is 12.6 Å². The smallest absolute Gasteiger partial charge is 0.268 e. The van der Waals surface area contributed by atoms with Gasteiger partial charge in [-0.2, -0.15) is 8.42 Å². The van der Waals surface area contributed by atoms with Crippen molar-refractivity contribution in [2.75, 3.05) is 12.9 Å². The summed E-state index contributed by atoms with van der Waals surface area (Å²) in [6.45, 7) is 0. The zero-order valence-corrected chi connectivity index (χ0v) is 17.5. The number of rotatable bonds is 7. The summed E-state index contributed by atoms with van der Waals surface area (Å²) >= 11 is 6.35. The molecular formula is C21H21O3PS2. The average Bonchev–Trinajstić information content (AvgIpc) is 2.73. The Bertz CT molecular complexity index is 977. The number of benzene rings is 3. The highest BCUT2D eigenvalue weighted by atomic mass is 32.4. The van der Waals surface area contributed by atoms with Crippen LogP contribution in [0.4, 0.5) is 0 Å². The van der Waals surface area contributed by atoms with Crippen LogP contribution in [0.15, 0.2) is 91.0 Å². The molecule has 6 heteroatoms. The largest absolute Gasteiger partial charge is 0.273 e. The Morgan fingerprint density at radius 3 is 1.63 bits per heavy atom. The second kappa shape index (κ2) is 8.49. The minimum absolute atomic E-state index is 0.158. The summed E-state index contributed by atoms with van der Waals surface area (Å²) in [6.07, 6.45) is 0. The molecule has 0 radical (unpaired) electrons. The fraction of sp³-hybridized carbons (Fsp3) is 0.143. The van der Waals surface area contributed by atoms with Gasteiger partial charge in [-0.05, 0) is 16.2 Å². The summed E-state index contributed by atoms with van der Waals surface area (Å²) < 4.78 is 29.7. The summed E-state index contributed by atoms with van der Waals surface area (Å²) in [5.74, 6) is -0.158. The van der Waals surface area contributed by atoms with Gasteiger partial charge in [-0.25, -0.2) is 0 Å². The van der Waals surface area contributed by atoms with Crippen molar-refractivity contribution in [1.29, 1.82) is 0 Å². The lowest BCUT2D eigenvalue weighted by atomic mass is 10.2. The van der Waals surface area contributed by atoms with Gasteiger partial charge in [0, 0.05) is 11.7 Å². The lowest BCUT2D eigenvalue weighted by Gasteiger charge is -2.32. The fourth-order valence-corrected chi connectivity index (χ4v) is 9.74. The molecule has 0 saturated heterocycles. The predicted octanol–water partition coefficient (Wildman–Crippen LogP) is 3.83. The molecule has 0 bridgehead atoms. The molecule has 0 aliphatic carbocycles. The molecule has 0 fully saturated rings. The van der Waals surface area contributed by atoms with Crippen LogP contribution < -0.4 is 10.6 Å². The molecule has 0 spiro atoms. The lowest BCUT2D eigenvalue weighted by molar-refractivity contribution is 0.397. The summed E-state index contributed by atoms with van der Waals surface area (Å²) in [6, 6.07) is 26.8. The molecule has 0 saturated carbocycles. The van der Waals surface area contributed by atoms with Crippen molar-refractivity contribution >= 4 is 38.6 Å². The van der Waals surface area contributed by atoms with Gasteiger partial charge in [0.05, 0.1) is 12.9 Å². The Kier molecular flexibility index (Phi) is 6.28. The molecule has 140 valence electrons. The number of hydrogen-bond donors (Lipinski definition) is 0. The minimum atomic E-state index is -3.70. The topological polar surface area (TPSA) is 43.4 Å². The van der Waals surface area contributed by atoms with E-state index in [1.807, 2.05) is 91.0 Å². The van der Waals surface area contributed by atoms with Crippen LogP contribution in [0.5, 0.6) is 0 Å². The maximum absolute atomic E-state index is 12.4. The van der Waals surface area contributed by atoms with Gasteiger partial charge in [0.1, 0.15) is 0 Å². The van der Waals surface area contributed by atoms with E-state index in [1.165, 1.54) is 7.11 Å². The monoisotopic (exact) mass is 416 g/mol. The molecule has 0 aliphatic heterocycles. The molecule has 0 amide bonds. The average molecular weight is 417 g/mol. The SMILES string of the molecule is COS(=O)(=O)C[C@@H](c1ccccc1)P(=S)(c1ccccc1)c1ccccc1. The molecule has 27 heavy (non-hydrogen) atoms. The maximum atomic E-state index is 12.4. The van der Waals surface area contributed by atoms with Gasteiger partial charge in [-0.15, -0.1) is 0 Å². The molecule has 3 nitrogen and oxygen atoms in total. The zero-order valence-electron chi connectivity index (χ0n) is 14.9. The highest BCUT2D eigenvalue weighted by Gasteiger charge is 2.36. The lowest BCUT2D eigenvalue weighted by Crippen LogP contribution is -2.26. The van der Waals surface area contributed by atoms with Crippen molar-refractivity contribution in [1.82, 2.24) is 0 Å². The first-order valence-electron chi connectivity index (χ1n) is 8.51. The standard InChI is InChI=1S/C21H21O3PS2/c1-24-27(22,23)17-21(18-11-5-2-6-12-18)25(26,19-13-7-3-8-14-19)20-15-9-4-10-16-20/h2-16,21H,17H2,1H3/t21-/m0/s1. The third kappa shape index (κ3) is 4.39. The molecule has 3 rings (SSSR count). The molecule has 3 aromatic carbocycles. The molecule has 0 N–H and O–H groups in total. The normalized spacial score (nSPS) is 13.2. The van der Waals surface area contributed by atoms with Crippen LogP contribution in [0.3, 0.4) is 0 Å². The molecule has 1 atom stereocenters. The highest BCUT2D eigenvalue weighted by Crippen LogP contribution is 2.58. The Morgan fingerprint density at radius 2 is 1.22 bits per heavy atom. The van der Waals surface area contributed by atoms with Gasteiger partial charge >= 0.3 is 0 Å². The quantitative estimate of drug-likeness (QED) is 0.434. The van der Waals surface area contributed by atoms with E-state index >= 15 is 0 Å². The summed E-state index contributed by atoms with van der Waals surface area (Å²) in [7, 11) is -2.50. The van der Waals surface area contributed by atoms with Crippen molar-refractivity contribution in [3.05, 3.63) is 96.6 Å². The second-order valence-corrected chi connectivity index (χ2v) is 12.6. The molecule has 0 aromatic heterocycles. The van der Waals surface area contributed by atoms with Crippen molar-refractivity contribution in [2.45, 2.75) is 5.66 Å².